The van der Waals surface area contributed by atoms with Crippen LogP contribution in [0.4, 0.5) is 15.2 Å². The van der Waals surface area contributed by atoms with Crippen molar-refractivity contribution in [2.45, 2.75) is 43.0 Å². The SMILES string of the molecule is O=S(=O)(Nc1ncns1)c1cc(Cl)c(NCCCCNCC[C@H]2CCCN2)cc1F. The molecule has 2 heterocycles. The maximum absolute atomic E-state index is 14.4. The summed E-state index contributed by atoms with van der Waals surface area (Å²) in [5.74, 6) is -0.888. The molecule has 0 amide bonds. The van der Waals surface area contributed by atoms with Crippen LogP contribution in [0.3, 0.4) is 0 Å². The van der Waals surface area contributed by atoms with Gasteiger partial charge in [-0.05, 0) is 63.9 Å². The lowest BCUT2D eigenvalue weighted by Gasteiger charge is -2.12. The molecule has 0 unspecified atom stereocenters. The zero-order valence-corrected chi connectivity index (χ0v) is 18.8. The number of sulfonamides is 1. The lowest BCUT2D eigenvalue weighted by atomic mass is 10.1. The van der Waals surface area contributed by atoms with Crippen molar-refractivity contribution in [2.24, 2.45) is 0 Å². The van der Waals surface area contributed by atoms with Crippen molar-refractivity contribution in [3.8, 4) is 0 Å². The van der Waals surface area contributed by atoms with Crippen LogP contribution in [0.5, 0.6) is 0 Å². The number of rotatable bonds is 12. The molecule has 4 N–H and O–H groups in total. The Bertz CT molecular complexity index is 908. The molecule has 30 heavy (non-hydrogen) atoms. The van der Waals surface area contributed by atoms with Gasteiger partial charge >= 0.3 is 0 Å². The quantitative estimate of drug-likeness (QED) is 0.349. The van der Waals surface area contributed by atoms with Crippen LogP contribution in [0.1, 0.15) is 32.1 Å². The van der Waals surface area contributed by atoms with Gasteiger partial charge in [-0.2, -0.15) is 4.37 Å². The molecule has 0 spiro atoms. The average Bonchev–Trinajstić information content (AvgIpc) is 3.40. The molecule has 1 atom stereocenters. The Labute approximate surface area is 185 Å². The van der Waals surface area contributed by atoms with Crippen molar-refractivity contribution in [3.63, 3.8) is 0 Å². The minimum atomic E-state index is -4.14. The van der Waals surface area contributed by atoms with Gasteiger partial charge in [0.05, 0.1) is 10.7 Å². The molecule has 12 heteroatoms. The minimum Gasteiger partial charge on any atom is -0.384 e. The van der Waals surface area contributed by atoms with E-state index in [2.05, 4.69) is 30.0 Å². The fourth-order valence-electron chi connectivity index (χ4n) is 3.26. The van der Waals surface area contributed by atoms with Crippen molar-refractivity contribution in [3.05, 3.63) is 29.3 Å². The van der Waals surface area contributed by atoms with Gasteiger partial charge in [0, 0.05) is 24.1 Å². The summed E-state index contributed by atoms with van der Waals surface area (Å²) >= 11 is 7.02. The van der Waals surface area contributed by atoms with Crippen LogP contribution >= 0.6 is 23.1 Å². The zero-order valence-electron chi connectivity index (χ0n) is 16.5. The van der Waals surface area contributed by atoms with Crippen molar-refractivity contribution in [1.82, 2.24) is 20.0 Å². The van der Waals surface area contributed by atoms with Crippen molar-refractivity contribution >= 4 is 44.0 Å². The van der Waals surface area contributed by atoms with Gasteiger partial charge in [-0.1, -0.05) is 11.6 Å². The standard InChI is InChI=1S/C18H26ClFN6O2S2/c19-14-10-17(30(27,28)26-18-24-12-25-29-18)15(20)11-16(14)23-7-2-1-6-21-9-5-13-4-3-8-22-13/h10-13,21-23H,1-9H2,(H,24,25,26)/t13-/m1/s1. The highest BCUT2D eigenvalue weighted by Gasteiger charge is 2.22. The van der Waals surface area contributed by atoms with E-state index in [0.717, 1.165) is 62.6 Å². The van der Waals surface area contributed by atoms with Crippen LogP contribution in [0.2, 0.25) is 5.02 Å². The molecule has 166 valence electrons. The molecule has 1 aromatic carbocycles. The molecule has 1 aromatic heterocycles. The second-order valence-corrected chi connectivity index (χ2v) is 9.92. The van der Waals surface area contributed by atoms with E-state index in [1.807, 2.05) is 0 Å². The highest BCUT2D eigenvalue weighted by molar-refractivity contribution is 7.93. The first-order valence-electron chi connectivity index (χ1n) is 9.92. The van der Waals surface area contributed by atoms with Gasteiger partial charge in [0.25, 0.3) is 10.0 Å². The van der Waals surface area contributed by atoms with Gasteiger partial charge in [0.1, 0.15) is 17.0 Å². The number of hydrogen-bond acceptors (Lipinski definition) is 8. The molecule has 1 aliphatic rings. The molecule has 1 fully saturated rings. The van der Waals surface area contributed by atoms with Crippen molar-refractivity contribution < 1.29 is 12.8 Å². The first kappa shape index (κ1) is 23.1. The molecule has 0 aliphatic carbocycles. The highest BCUT2D eigenvalue weighted by Crippen LogP contribution is 2.29. The zero-order chi connectivity index (χ0) is 21.4. The largest absolute Gasteiger partial charge is 0.384 e. The summed E-state index contributed by atoms with van der Waals surface area (Å²) in [6.07, 6.45) is 6.75. The third kappa shape index (κ3) is 6.74. The number of aromatic nitrogens is 2. The van der Waals surface area contributed by atoms with E-state index in [4.69, 9.17) is 11.6 Å². The molecular weight excluding hydrogens is 451 g/mol. The molecule has 8 nitrogen and oxygen atoms in total. The van der Waals surface area contributed by atoms with E-state index in [0.29, 0.717) is 18.3 Å². The number of anilines is 2. The van der Waals surface area contributed by atoms with Gasteiger partial charge in [-0.3, -0.25) is 4.72 Å². The maximum atomic E-state index is 14.4. The number of halogens is 2. The summed E-state index contributed by atoms with van der Waals surface area (Å²) in [5.41, 5.74) is 0.365. The molecular formula is C18H26ClFN6O2S2. The van der Waals surface area contributed by atoms with Crippen molar-refractivity contribution in [2.75, 3.05) is 36.2 Å². The highest BCUT2D eigenvalue weighted by atomic mass is 35.5. The summed E-state index contributed by atoms with van der Waals surface area (Å²) in [5, 5.41) is 10.2. The Morgan fingerprint density at radius 3 is 2.83 bits per heavy atom. The van der Waals surface area contributed by atoms with Gasteiger partial charge in [0.2, 0.25) is 5.13 Å². The summed E-state index contributed by atoms with van der Waals surface area (Å²) in [6.45, 7) is 3.67. The van der Waals surface area contributed by atoms with E-state index >= 15 is 0 Å². The number of hydrogen-bond donors (Lipinski definition) is 4. The van der Waals surface area contributed by atoms with Crippen LogP contribution in [-0.4, -0.2) is 50.0 Å². The van der Waals surface area contributed by atoms with E-state index < -0.39 is 20.7 Å². The monoisotopic (exact) mass is 476 g/mol. The maximum Gasteiger partial charge on any atom is 0.266 e. The third-order valence-corrected chi connectivity index (χ3v) is 7.20. The van der Waals surface area contributed by atoms with E-state index in [-0.39, 0.29) is 10.2 Å². The number of benzene rings is 1. The van der Waals surface area contributed by atoms with Crippen LogP contribution < -0.4 is 20.7 Å². The number of nitrogens with one attached hydrogen (secondary N) is 4. The van der Waals surface area contributed by atoms with Gasteiger partial charge in [-0.25, -0.2) is 17.8 Å². The Balaban J connectivity index is 1.41. The summed E-state index contributed by atoms with van der Waals surface area (Å²) in [7, 11) is -4.14. The Kier molecular flexibility index (Phi) is 8.63. The molecule has 0 bridgehead atoms. The predicted molar refractivity (Wildman–Crippen MR) is 118 cm³/mol. The first-order chi connectivity index (χ1) is 14.5. The molecule has 1 saturated heterocycles. The van der Waals surface area contributed by atoms with Crippen LogP contribution in [0.25, 0.3) is 0 Å². The van der Waals surface area contributed by atoms with Crippen molar-refractivity contribution in [1.29, 1.82) is 0 Å². The number of unbranched alkanes of at least 4 members (excludes halogenated alkanes) is 1. The third-order valence-electron chi connectivity index (χ3n) is 4.82. The van der Waals surface area contributed by atoms with Crippen LogP contribution in [0.15, 0.2) is 23.4 Å². The fourth-order valence-corrected chi connectivity index (χ4v) is 5.30. The summed E-state index contributed by atoms with van der Waals surface area (Å²) in [6, 6.07) is 2.85. The second-order valence-electron chi connectivity index (χ2n) is 7.08. The van der Waals surface area contributed by atoms with E-state index in [1.54, 1.807) is 0 Å². The lowest BCUT2D eigenvalue weighted by Crippen LogP contribution is -2.27. The topological polar surface area (TPSA) is 108 Å². The molecule has 2 aromatic rings. The normalized spacial score (nSPS) is 16.7. The molecule has 3 rings (SSSR count). The molecule has 0 radical (unpaired) electrons. The smallest absolute Gasteiger partial charge is 0.266 e. The second kappa shape index (κ2) is 11.2. The Morgan fingerprint density at radius 1 is 1.27 bits per heavy atom. The fraction of sp³-hybridized carbons (Fsp3) is 0.556. The van der Waals surface area contributed by atoms with Crippen LogP contribution in [-0.2, 0) is 10.0 Å². The van der Waals surface area contributed by atoms with E-state index in [1.165, 1.54) is 19.2 Å². The summed E-state index contributed by atoms with van der Waals surface area (Å²) in [4.78, 5) is 3.20. The molecule has 0 saturated carbocycles. The Morgan fingerprint density at radius 2 is 2.10 bits per heavy atom. The van der Waals surface area contributed by atoms with Gasteiger partial charge < -0.3 is 16.0 Å². The number of nitrogens with zero attached hydrogens (tertiary/aromatic N) is 2. The lowest BCUT2D eigenvalue weighted by molar-refractivity contribution is 0.517. The predicted octanol–water partition coefficient (Wildman–Crippen LogP) is 3.06. The first-order valence-corrected chi connectivity index (χ1v) is 12.6. The minimum absolute atomic E-state index is 0.0563. The molecule has 1 aliphatic heterocycles. The Hall–Kier alpha value is -1.53. The van der Waals surface area contributed by atoms with Crippen LogP contribution in [0, 0.1) is 5.82 Å². The van der Waals surface area contributed by atoms with E-state index in [9.17, 15) is 12.8 Å². The van der Waals surface area contributed by atoms with Gasteiger partial charge in [-0.15, -0.1) is 0 Å². The average molecular weight is 477 g/mol. The van der Waals surface area contributed by atoms with Gasteiger partial charge in [0.15, 0.2) is 0 Å². The summed E-state index contributed by atoms with van der Waals surface area (Å²) < 4.78 is 45.0.